The molecule has 1 aliphatic carbocycles. The summed E-state index contributed by atoms with van der Waals surface area (Å²) in [5, 5.41) is 0.666. The fourth-order valence-electron chi connectivity index (χ4n) is 5.06. The van der Waals surface area contributed by atoms with Crippen molar-refractivity contribution in [2.24, 2.45) is 4.99 Å². The van der Waals surface area contributed by atoms with Crippen LogP contribution in [-0.4, -0.2) is 18.8 Å². The normalized spacial score (nSPS) is 16.6. The van der Waals surface area contributed by atoms with Gasteiger partial charge in [0.1, 0.15) is 11.5 Å². The topological polar surface area (TPSA) is 52.8 Å². The molecule has 1 atom stereocenters. The molecule has 0 saturated heterocycles. The number of hydrogen-bond donors (Lipinski definition) is 0. The van der Waals surface area contributed by atoms with Gasteiger partial charge in [0, 0.05) is 16.1 Å². The average Bonchev–Trinajstić information content (AvgIpc) is 3.22. The fourth-order valence-corrected chi connectivity index (χ4v) is 6.18. The molecule has 0 radical (unpaired) electrons. The summed E-state index contributed by atoms with van der Waals surface area (Å²) in [6, 6.07) is 21.5. The first kappa shape index (κ1) is 22.8. The number of fused-ring (bicyclic) bond motifs is 3. The Labute approximate surface area is 217 Å². The number of nitrogens with zero attached hydrogens (tertiary/aromatic N) is 2. The van der Waals surface area contributed by atoms with Gasteiger partial charge in [0.2, 0.25) is 0 Å². The van der Waals surface area contributed by atoms with E-state index in [2.05, 4.69) is 18.2 Å². The zero-order valence-corrected chi connectivity index (χ0v) is 21.4. The third-order valence-corrected chi connectivity index (χ3v) is 8.02. The van der Waals surface area contributed by atoms with Crippen LogP contribution in [0.25, 0.3) is 11.8 Å². The number of allylic oxidation sites excluding steroid dienone is 1. The number of ether oxygens (including phenoxy) is 2. The first-order valence-electron chi connectivity index (χ1n) is 11.7. The summed E-state index contributed by atoms with van der Waals surface area (Å²) in [7, 11) is 3.24. The van der Waals surface area contributed by atoms with Gasteiger partial charge in [-0.3, -0.25) is 9.36 Å². The van der Waals surface area contributed by atoms with Gasteiger partial charge in [0.05, 0.1) is 30.5 Å². The predicted molar refractivity (Wildman–Crippen MR) is 144 cm³/mol. The van der Waals surface area contributed by atoms with Crippen molar-refractivity contribution in [3.63, 3.8) is 0 Å². The molecule has 3 aromatic carbocycles. The fraction of sp³-hybridized carbons (Fsp3) is 0.172. The van der Waals surface area contributed by atoms with E-state index in [4.69, 9.17) is 26.1 Å². The molecule has 7 heteroatoms. The zero-order valence-electron chi connectivity index (χ0n) is 19.8. The van der Waals surface area contributed by atoms with Crippen LogP contribution in [0.1, 0.15) is 34.7 Å². The lowest BCUT2D eigenvalue weighted by molar-refractivity contribution is 0.402. The van der Waals surface area contributed by atoms with Gasteiger partial charge < -0.3 is 9.47 Å². The molecule has 0 spiro atoms. The Morgan fingerprint density at radius 3 is 2.61 bits per heavy atom. The van der Waals surface area contributed by atoms with Gasteiger partial charge in [0.15, 0.2) is 4.80 Å². The molecule has 0 N–H and O–H groups in total. The average molecular weight is 515 g/mol. The van der Waals surface area contributed by atoms with Crippen LogP contribution in [0.2, 0.25) is 5.02 Å². The van der Waals surface area contributed by atoms with Crippen LogP contribution in [0, 0.1) is 0 Å². The maximum Gasteiger partial charge on any atom is 0.271 e. The van der Waals surface area contributed by atoms with E-state index in [0.717, 1.165) is 40.8 Å². The Morgan fingerprint density at radius 2 is 1.83 bits per heavy atom. The van der Waals surface area contributed by atoms with Gasteiger partial charge >= 0.3 is 0 Å². The molecular formula is C29H23ClN2O3S. The second-order valence-electron chi connectivity index (χ2n) is 8.77. The molecule has 6 rings (SSSR count). The molecule has 2 aliphatic rings. The lowest BCUT2D eigenvalue weighted by atomic mass is 9.83. The van der Waals surface area contributed by atoms with Crippen molar-refractivity contribution in [2.75, 3.05) is 14.2 Å². The summed E-state index contributed by atoms with van der Waals surface area (Å²) in [5.74, 6) is 1.37. The van der Waals surface area contributed by atoms with Crippen LogP contribution in [0.3, 0.4) is 0 Å². The maximum absolute atomic E-state index is 13.9. The molecule has 0 fully saturated rings. The number of thiazole rings is 1. The van der Waals surface area contributed by atoms with Crippen LogP contribution in [0.15, 0.2) is 82.1 Å². The molecule has 5 nitrogen and oxygen atoms in total. The van der Waals surface area contributed by atoms with Gasteiger partial charge in [-0.2, -0.15) is 0 Å². The van der Waals surface area contributed by atoms with Crippen LogP contribution < -0.4 is 24.4 Å². The highest BCUT2D eigenvalue weighted by atomic mass is 35.5. The van der Waals surface area contributed by atoms with Crippen LogP contribution in [-0.2, 0) is 6.42 Å². The van der Waals surface area contributed by atoms with E-state index in [1.165, 1.54) is 16.9 Å². The Kier molecular flexibility index (Phi) is 5.78. The number of methoxy groups -OCH3 is 2. The van der Waals surface area contributed by atoms with E-state index in [1.807, 2.05) is 59.2 Å². The van der Waals surface area contributed by atoms with Crippen molar-refractivity contribution in [3.8, 4) is 11.5 Å². The number of halogens is 1. The number of aromatic nitrogens is 1. The molecule has 36 heavy (non-hydrogen) atoms. The lowest BCUT2D eigenvalue weighted by Gasteiger charge is -2.30. The Hall–Kier alpha value is -3.61. The van der Waals surface area contributed by atoms with Gasteiger partial charge in [-0.1, -0.05) is 59.3 Å². The SMILES string of the molecule is COc1ccc(OC)c(/C=c2/sc3n(c2=O)[C@H](c2ccc(Cl)cc2)C2=C(N=3)c3ccccc3CC2)c1. The minimum atomic E-state index is -0.240. The van der Waals surface area contributed by atoms with E-state index in [9.17, 15) is 4.79 Å². The minimum Gasteiger partial charge on any atom is -0.497 e. The van der Waals surface area contributed by atoms with Crippen LogP contribution in [0.5, 0.6) is 11.5 Å². The summed E-state index contributed by atoms with van der Waals surface area (Å²) in [6.07, 6.45) is 3.62. The van der Waals surface area contributed by atoms with E-state index < -0.39 is 0 Å². The second kappa shape index (κ2) is 9.12. The summed E-state index contributed by atoms with van der Waals surface area (Å²) in [5.41, 5.74) is 6.29. The van der Waals surface area contributed by atoms with Gasteiger partial charge in [-0.15, -0.1) is 0 Å². The van der Waals surface area contributed by atoms with Crippen molar-refractivity contribution >= 4 is 34.7 Å². The largest absolute Gasteiger partial charge is 0.497 e. The van der Waals surface area contributed by atoms with Crippen molar-refractivity contribution in [2.45, 2.75) is 18.9 Å². The highest BCUT2D eigenvalue weighted by Gasteiger charge is 2.32. The van der Waals surface area contributed by atoms with E-state index in [-0.39, 0.29) is 11.6 Å². The highest BCUT2D eigenvalue weighted by molar-refractivity contribution is 7.07. The second-order valence-corrected chi connectivity index (χ2v) is 10.2. The molecule has 0 saturated carbocycles. The predicted octanol–water partition coefficient (Wildman–Crippen LogP) is 4.99. The number of benzene rings is 3. The molecule has 0 amide bonds. The number of rotatable bonds is 4. The van der Waals surface area contributed by atoms with Crippen molar-refractivity contribution in [3.05, 3.63) is 119 Å². The number of aryl methyl sites for hydroxylation is 1. The molecular weight excluding hydrogens is 492 g/mol. The molecule has 2 heterocycles. The van der Waals surface area contributed by atoms with E-state index in [1.54, 1.807) is 14.2 Å². The molecule has 0 bridgehead atoms. The smallest absolute Gasteiger partial charge is 0.271 e. The van der Waals surface area contributed by atoms with Crippen LogP contribution >= 0.6 is 22.9 Å². The Bertz CT molecular complexity index is 1700. The first-order chi connectivity index (χ1) is 17.6. The molecule has 1 aromatic heterocycles. The van der Waals surface area contributed by atoms with Crippen molar-refractivity contribution in [1.29, 1.82) is 0 Å². The summed E-state index contributed by atoms with van der Waals surface area (Å²) in [6.45, 7) is 0. The first-order valence-corrected chi connectivity index (χ1v) is 12.9. The standard InChI is InChI=1S/C29H23ClN2O3S/c1-34-21-12-14-24(35-2)19(15-21)16-25-28(33)32-27(18-7-10-20(30)11-8-18)23-13-9-17-5-3-4-6-22(17)26(23)31-29(32)36-25/h3-8,10-12,14-16,27H,9,13H2,1-2H3/b25-16+/t27-/m1/s1. The quantitative estimate of drug-likeness (QED) is 0.385. The summed E-state index contributed by atoms with van der Waals surface area (Å²) in [4.78, 5) is 19.6. The molecule has 180 valence electrons. The number of hydrogen-bond acceptors (Lipinski definition) is 5. The van der Waals surface area contributed by atoms with Crippen molar-refractivity contribution < 1.29 is 9.47 Å². The monoisotopic (exact) mass is 514 g/mol. The Morgan fingerprint density at radius 1 is 1.03 bits per heavy atom. The van der Waals surface area contributed by atoms with E-state index >= 15 is 0 Å². The molecule has 1 aliphatic heterocycles. The van der Waals surface area contributed by atoms with Gasteiger partial charge in [-0.05, 0) is 65.9 Å². The van der Waals surface area contributed by atoms with Gasteiger partial charge in [-0.25, -0.2) is 4.99 Å². The lowest BCUT2D eigenvalue weighted by Crippen LogP contribution is -2.38. The molecule has 4 aromatic rings. The van der Waals surface area contributed by atoms with Crippen LogP contribution in [0.4, 0.5) is 0 Å². The zero-order chi connectivity index (χ0) is 24.8. The summed E-state index contributed by atoms with van der Waals surface area (Å²) >= 11 is 7.60. The minimum absolute atomic E-state index is 0.0750. The third kappa shape index (κ3) is 3.77. The highest BCUT2D eigenvalue weighted by Crippen LogP contribution is 2.41. The third-order valence-electron chi connectivity index (χ3n) is 6.78. The van der Waals surface area contributed by atoms with Gasteiger partial charge in [0.25, 0.3) is 5.56 Å². The Balaban J connectivity index is 1.62. The van der Waals surface area contributed by atoms with Crippen molar-refractivity contribution in [1.82, 2.24) is 4.57 Å². The maximum atomic E-state index is 13.9. The summed E-state index contributed by atoms with van der Waals surface area (Å²) < 4.78 is 13.4. The molecule has 0 unspecified atom stereocenters. The van der Waals surface area contributed by atoms with E-state index in [0.29, 0.717) is 25.9 Å².